The van der Waals surface area contributed by atoms with Crippen molar-refractivity contribution >= 4 is 21.8 Å². The number of furan rings is 1. The number of amides is 2. The molecule has 0 aliphatic carbocycles. The van der Waals surface area contributed by atoms with Gasteiger partial charge in [0.1, 0.15) is 11.9 Å². The normalized spacial score (nSPS) is 15.6. The number of piperazine rings is 1. The van der Waals surface area contributed by atoms with Crippen LogP contribution in [0.1, 0.15) is 16.1 Å². The van der Waals surface area contributed by atoms with E-state index in [0.29, 0.717) is 0 Å². The number of carbonyl (C=O) groups is 2. The summed E-state index contributed by atoms with van der Waals surface area (Å²) in [5.41, 5.74) is 0.873. The fourth-order valence-electron chi connectivity index (χ4n) is 3.81. The van der Waals surface area contributed by atoms with Crippen LogP contribution in [-0.4, -0.2) is 61.7 Å². The van der Waals surface area contributed by atoms with Gasteiger partial charge in [-0.25, -0.2) is 12.8 Å². The largest absolute Gasteiger partial charge is 0.459 e. The molecule has 0 spiro atoms. The standard InChI is InChI=1S/C24H24FN3O5S/c25-19-8-10-20(11-9-19)34(31,32)28-14-12-27(13-15-28)24(30)21(17-18-5-2-1-3-6-18)26-23(29)22-7-4-16-33-22/h1-11,16,21H,12-15,17H2,(H,26,29)/t21-/m1/s1. The summed E-state index contributed by atoms with van der Waals surface area (Å²) in [6.45, 7) is 0.521. The maximum absolute atomic E-state index is 13.3. The molecule has 0 unspecified atom stereocenters. The lowest BCUT2D eigenvalue weighted by molar-refractivity contribution is -0.134. The van der Waals surface area contributed by atoms with Gasteiger partial charge in [-0.1, -0.05) is 30.3 Å². The molecule has 2 heterocycles. The van der Waals surface area contributed by atoms with Gasteiger partial charge in [0.25, 0.3) is 5.91 Å². The van der Waals surface area contributed by atoms with E-state index in [0.717, 1.165) is 17.7 Å². The average molecular weight is 486 g/mol. The molecule has 34 heavy (non-hydrogen) atoms. The van der Waals surface area contributed by atoms with Crippen LogP contribution >= 0.6 is 0 Å². The first-order valence-corrected chi connectivity index (χ1v) is 12.2. The Labute approximate surface area is 197 Å². The van der Waals surface area contributed by atoms with Gasteiger partial charge in [0.15, 0.2) is 5.76 Å². The first-order chi connectivity index (χ1) is 16.3. The maximum Gasteiger partial charge on any atom is 0.287 e. The molecule has 1 fully saturated rings. The van der Waals surface area contributed by atoms with Crippen LogP contribution < -0.4 is 5.32 Å². The second kappa shape index (κ2) is 10.2. The molecule has 8 nitrogen and oxygen atoms in total. The fourth-order valence-corrected chi connectivity index (χ4v) is 5.23. The van der Waals surface area contributed by atoms with Crippen molar-refractivity contribution in [1.29, 1.82) is 0 Å². The van der Waals surface area contributed by atoms with Crippen LogP contribution in [0, 0.1) is 5.82 Å². The minimum Gasteiger partial charge on any atom is -0.459 e. The van der Waals surface area contributed by atoms with Gasteiger partial charge in [0, 0.05) is 32.6 Å². The number of nitrogens with zero attached hydrogens (tertiary/aromatic N) is 2. The van der Waals surface area contributed by atoms with Crippen molar-refractivity contribution in [3.63, 3.8) is 0 Å². The highest BCUT2D eigenvalue weighted by Gasteiger charge is 2.33. The van der Waals surface area contributed by atoms with Gasteiger partial charge in [-0.15, -0.1) is 0 Å². The van der Waals surface area contributed by atoms with Crippen molar-refractivity contribution in [3.05, 3.63) is 90.1 Å². The number of hydrogen-bond donors (Lipinski definition) is 1. The third-order valence-corrected chi connectivity index (χ3v) is 7.55. The first kappa shape index (κ1) is 23.7. The molecule has 1 saturated heterocycles. The van der Waals surface area contributed by atoms with Crippen molar-refractivity contribution in [1.82, 2.24) is 14.5 Å². The van der Waals surface area contributed by atoms with E-state index in [2.05, 4.69) is 5.32 Å². The molecule has 2 aromatic carbocycles. The van der Waals surface area contributed by atoms with Crippen LogP contribution in [0.2, 0.25) is 0 Å². The van der Waals surface area contributed by atoms with E-state index in [1.165, 1.54) is 28.8 Å². The Morgan fingerprint density at radius 2 is 1.62 bits per heavy atom. The monoisotopic (exact) mass is 485 g/mol. The topological polar surface area (TPSA) is 99.9 Å². The van der Waals surface area contributed by atoms with E-state index in [1.807, 2.05) is 30.3 Å². The molecule has 10 heteroatoms. The van der Waals surface area contributed by atoms with Crippen LogP contribution in [0.3, 0.4) is 0 Å². The Bertz CT molecular complexity index is 1220. The van der Waals surface area contributed by atoms with E-state index < -0.39 is 27.8 Å². The zero-order valence-corrected chi connectivity index (χ0v) is 19.1. The Kier molecular flexibility index (Phi) is 7.09. The van der Waals surface area contributed by atoms with Crippen molar-refractivity contribution in [3.8, 4) is 0 Å². The van der Waals surface area contributed by atoms with E-state index >= 15 is 0 Å². The van der Waals surface area contributed by atoms with Crippen LogP contribution in [0.15, 0.2) is 82.3 Å². The summed E-state index contributed by atoms with van der Waals surface area (Å²) < 4.78 is 45.3. The molecule has 0 saturated carbocycles. The third kappa shape index (κ3) is 5.35. The summed E-state index contributed by atoms with van der Waals surface area (Å²) in [6, 6.07) is 16.2. The second-order valence-corrected chi connectivity index (χ2v) is 9.81. The van der Waals surface area contributed by atoms with Gasteiger partial charge in [0.05, 0.1) is 11.2 Å². The third-order valence-electron chi connectivity index (χ3n) is 5.63. The summed E-state index contributed by atoms with van der Waals surface area (Å²) >= 11 is 0. The number of rotatable bonds is 7. The molecule has 1 aliphatic heterocycles. The van der Waals surface area contributed by atoms with Crippen LogP contribution in [0.4, 0.5) is 4.39 Å². The molecule has 178 valence electrons. The predicted octanol–water partition coefficient (Wildman–Crippen LogP) is 2.29. The summed E-state index contributed by atoms with van der Waals surface area (Å²) in [7, 11) is -3.80. The summed E-state index contributed by atoms with van der Waals surface area (Å²) in [5.74, 6) is -1.23. The highest BCUT2D eigenvalue weighted by Crippen LogP contribution is 2.19. The molecule has 1 aliphatic rings. The highest BCUT2D eigenvalue weighted by atomic mass is 32.2. The SMILES string of the molecule is O=C(N[C@H](Cc1ccccc1)C(=O)N1CCN(S(=O)(=O)c2ccc(F)cc2)CC1)c1ccco1. The summed E-state index contributed by atoms with van der Waals surface area (Å²) in [6.07, 6.45) is 1.66. The lowest BCUT2D eigenvalue weighted by atomic mass is 10.0. The Morgan fingerprint density at radius 3 is 2.24 bits per heavy atom. The van der Waals surface area contributed by atoms with Crippen LogP contribution in [-0.2, 0) is 21.2 Å². The Hall–Kier alpha value is -3.50. The molecule has 1 atom stereocenters. The van der Waals surface area contributed by atoms with E-state index in [-0.39, 0.29) is 49.2 Å². The molecule has 1 aromatic heterocycles. The van der Waals surface area contributed by atoms with Crippen molar-refractivity contribution in [2.75, 3.05) is 26.2 Å². The molecular weight excluding hydrogens is 461 g/mol. The summed E-state index contributed by atoms with van der Waals surface area (Å²) in [5, 5.41) is 2.75. The van der Waals surface area contributed by atoms with Gasteiger partial charge in [-0.2, -0.15) is 4.31 Å². The molecule has 3 aromatic rings. The van der Waals surface area contributed by atoms with Gasteiger partial charge < -0.3 is 14.6 Å². The second-order valence-electron chi connectivity index (χ2n) is 7.88. The quantitative estimate of drug-likeness (QED) is 0.554. The Balaban J connectivity index is 1.45. The molecular formula is C24H24FN3O5S. The summed E-state index contributed by atoms with van der Waals surface area (Å²) in [4.78, 5) is 27.5. The van der Waals surface area contributed by atoms with Crippen LogP contribution in [0.25, 0.3) is 0 Å². The fraction of sp³-hybridized carbons (Fsp3) is 0.250. The first-order valence-electron chi connectivity index (χ1n) is 10.8. The Morgan fingerprint density at radius 1 is 0.941 bits per heavy atom. The average Bonchev–Trinajstić information content (AvgIpc) is 3.39. The van der Waals surface area contributed by atoms with Crippen molar-refractivity contribution in [2.24, 2.45) is 0 Å². The smallest absolute Gasteiger partial charge is 0.287 e. The van der Waals surface area contributed by atoms with Gasteiger partial charge in [-0.05, 0) is 42.0 Å². The van der Waals surface area contributed by atoms with E-state index in [1.54, 1.807) is 11.0 Å². The number of benzene rings is 2. The van der Waals surface area contributed by atoms with Crippen LogP contribution in [0.5, 0.6) is 0 Å². The lowest BCUT2D eigenvalue weighted by Crippen LogP contribution is -2.56. The molecule has 0 radical (unpaired) electrons. The van der Waals surface area contributed by atoms with Crippen molar-refractivity contribution < 1.29 is 26.8 Å². The van der Waals surface area contributed by atoms with Gasteiger partial charge in [-0.3, -0.25) is 9.59 Å². The zero-order chi connectivity index (χ0) is 24.1. The molecule has 1 N–H and O–H groups in total. The number of nitrogens with one attached hydrogen (secondary N) is 1. The van der Waals surface area contributed by atoms with E-state index in [4.69, 9.17) is 4.42 Å². The van der Waals surface area contributed by atoms with Crippen molar-refractivity contribution in [2.45, 2.75) is 17.4 Å². The number of carbonyl (C=O) groups excluding carboxylic acids is 2. The molecule has 4 rings (SSSR count). The minimum atomic E-state index is -3.80. The maximum atomic E-state index is 13.3. The predicted molar refractivity (Wildman–Crippen MR) is 122 cm³/mol. The molecule has 0 bridgehead atoms. The van der Waals surface area contributed by atoms with E-state index in [9.17, 15) is 22.4 Å². The lowest BCUT2D eigenvalue weighted by Gasteiger charge is -2.36. The number of halogens is 1. The van der Waals surface area contributed by atoms with Gasteiger partial charge in [0.2, 0.25) is 15.9 Å². The number of sulfonamides is 1. The van der Waals surface area contributed by atoms with Gasteiger partial charge >= 0.3 is 0 Å². The highest BCUT2D eigenvalue weighted by molar-refractivity contribution is 7.89. The molecule has 2 amide bonds. The minimum absolute atomic E-state index is 0.00124. The zero-order valence-electron chi connectivity index (χ0n) is 18.3. The number of hydrogen-bond acceptors (Lipinski definition) is 5.